The van der Waals surface area contributed by atoms with E-state index in [1.165, 1.54) is 0 Å². The number of ether oxygens (including phenoxy) is 1. The van der Waals surface area contributed by atoms with Crippen LogP contribution in [-0.4, -0.2) is 29.2 Å². The van der Waals surface area contributed by atoms with E-state index in [9.17, 15) is 4.79 Å². The van der Waals surface area contributed by atoms with Crippen LogP contribution in [0.15, 0.2) is 0 Å². The lowest BCUT2D eigenvalue weighted by Crippen LogP contribution is -2.34. The molecule has 0 aliphatic heterocycles. The van der Waals surface area contributed by atoms with Gasteiger partial charge in [-0.15, -0.1) is 0 Å². The van der Waals surface area contributed by atoms with E-state index in [0.29, 0.717) is 0 Å². The van der Waals surface area contributed by atoms with Gasteiger partial charge < -0.3 is 14.9 Å². The molecule has 54 valence electrons. The third kappa shape index (κ3) is 3.71. The molecule has 0 spiro atoms. The van der Waals surface area contributed by atoms with Gasteiger partial charge in [0.15, 0.2) is 0 Å². The molecule has 1 atom stereocenters. The Morgan fingerprint density at radius 2 is 2.44 bits per heavy atom. The number of carbonyl (C=O) groups is 1. The molecule has 0 saturated carbocycles. The molecule has 0 aromatic carbocycles. The Hall–Kier alpha value is -0.850. The highest BCUT2D eigenvalue weighted by atomic mass is 16.7. The van der Waals surface area contributed by atoms with E-state index < -0.39 is 19.0 Å². The summed E-state index contributed by atoms with van der Waals surface area (Å²) in [4.78, 5) is 10.1. The molecule has 0 aromatic rings. The lowest BCUT2D eigenvalue weighted by Gasteiger charge is -2.06. The first-order valence-electron chi connectivity index (χ1n) is 2.17. The molecule has 1 amide bonds. The average Bonchev–Trinajstić information content (AvgIpc) is 1.87. The van der Waals surface area contributed by atoms with Gasteiger partial charge in [0, 0.05) is 0 Å². The van der Waals surface area contributed by atoms with Crippen molar-refractivity contribution in [2.45, 2.75) is 6.29 Å². The molecule has 0 saturated heterocycles. The van der Waals surface area contributed by atoms with Crippen molar-refractivity contribution >= 4 is 6.09 Å². The van der Waals surface area contributed by atoms with Gasteiger partial charge >= 0.3 is 6.09 Å². The quantitative estimate of drug-likeness (QED) is 0.150. The maximum absolute atomic E-state index is 10.1. The highest BCUT2D eigenvalue weighted by Crippen LogP contribution is 1.83. The summed E-state index contributed by atoms with van der Waals surface area (Å²) in [5.74, 6) is 4.56. The Kier molecular flexibility index (Phi) is 3.69. The Bertz CT molecular complexity index is 95.8. The minimum Gasteiger partial charge on any atom is -0.416 e. The van der Waals surface area contributed by atoms with Gasteiger partial charge in [0.25, 0.3) is 0 Å². The van der Waals surface area contributed by atoms with Crippen LogP contribution in [0.25, 0.3) is 0 Å². The summed E-state index contributed by atoms with van der Waals surface area (Å²) in [6, 6.07) is 0. The van der Waals surface area contributed by atoms with Crippen LogP contribution < -0.4 is 11.3 Å². The van der Waals surface area contributed by atoms with E-state index in [0.717, 1.165) is 0 Å². The van der Waals surface area contributed by atoms with Crippen LogP contribution in [0.5, 0.6) is 0 Å². The molecule has 5 N–H and O–H groups in total. The molecule has 0 aliphatic carbocycles. The maximum atomic E-state index is 10.1. The SMILES string of the molecule is NNC(=O)OC(O)CO. The van der Waals surface area contributed by atoms with Gasteiger partial charge in [-0.1, -0.05) is 0 Å². The first kappa shape index (κ1) is 8.15. The van der Waals surface area contributed by atoms with Crippen molar-refractivity contribution in [3.8, 4) is 0 Å². The molecule has 0 aromatic heterocycles. The zero-order valence-corrected chi connectivity index (χ0v) is 4.57. The summed E-state index contributed by atoms with van der Waals surface area (Å²) >= 11 is 0. The second-order valence-corrected chi connectivity index (χ2v) is 1.19. The maximum Gasteiger partial charge on any atom is 0.423 e. The topological polar surface area (TPSA) is 105 Å². The number of aliphatic hydroxyl groups excluding tert-OH is 2. The normalized spacial score (nSPS) is 12.3. The monoisotopic (exact) mass is 136 g/mol. The first-order chi connectivity index (χ1) is 4.20. The van der Waals surface area contributed by atoms with Crippen molar-refractivity contribution in [1.29, 1.82) is 0 Å². The van der Waals surface area contributed by atoms with E-state index in [2.05, 4.69) is 10.6 Å². The summed E-state index contributed by atoms with van der Waals surface area (Å²) in [6.07, 6.45) is -2.50. The van der Waals surface area contributed by atoms with Crippen molar-refractivity contribution in [1.82, 2.24) is 5.43 Å². The number of hydrogen-bond acceptors (Lipinski definition) is 5. The third-order valence-electron chi connectivity index (χ3n) is 0.517. The number of aliphatic hydroxyl groups is 2. The van der Waals surface area contributed by atoms with Crippen LogP contribution in [0.3, 0.4) is 0 Å². The molecule has 6 nitrogen and oxygen atoms in total. The van der Waals surface area contributed by atoms with Gasteiger partial charge in [0.2, 0.25) is 6.29 Å². The van der Waals surface area contributed by atoms with Gasteiger partial charge in [-0.3, -0.25) is 5.43 Å². The van der Waals surface area contributed by atoms with Gasteiger partial charge in [0.1, 0.15) is 6.61 Å². The number of hydrazine groups is 1. The molecule has 6 heteroatoms. The standard InChI is InChI=1S/C3H8N2O4/c4-5-3(8)9-2(7)1-6/h2,6-7H,1,4H2,(H,5,8). The number of rotatable bonds is 2. The van der Waals surface area contributed by atoms with Crippen LogP contribution in [-0.2, 0) is 4.74 Å². The van der Waals surface area contributed by atoms with Crippen molar-refractivity contribution in [3.05, 3.63) is 0 Å². The summed E-state index contributed by atoms with van der Waals surface area (Å²) < 4.78 is 3.98. The van der Waals surface area contributed by atoms with Crippen LogP contribution in [0.2, 0.25) is 0 Å². The van der Waals surface area contributed by atoms with Crippen LogP contribution in [0.4, 0.5) is 4.79 Å². The van der Waals surface area contributed by atoms with Gasteiger partial charge in [-0.25, -0.2) is 10.6 Å². The Morgan fingerprint density at radius 1 is 1.89 bits per heavy atom. The van der Waals surface area contributed by atoms with Crippen LogP contribution >= 0.6 is 0 Å². The molecular formula is C3H8N2O4. The Morgan fingerprint density at radius 3 is 2.78 bits per heavy atom. The molecule has 0 radical (unpaired) electrons. The molecule has 9 heavy (non-hydrogen) atoms. The van der Waals surface area contributed by atoms with E-state index in [4.69, 9.17) is 10.2 Å². The van der Waals surface area contributed by atoms with E-state index in [-0.39, 0.29) is 0 Å². The largest absolute Gasteiger partial charge is 0.423 e. The zero-order chi connectivity index (χ0) is 7.28. The molecule has 0 fully saturated rings. The molecule has 0 rings (SSSR count). The molecule has 0 heterocycles. The van der Waals surface area contributed by atoms with Crippen molar-refractivity contribution < 1.29 is 19.7 Å². The summed E-state index contributed by atoms with van der Waals surface area (Å²) in [5, 5.41) is 16.5. The molecule has 0 aliphatic rings. The minimum atomic E-state index is -1.51. The number of amides is 1. The predicted octanol–water partition coefficient (Wildman–Crippen LogP) is -2.10. The van der Waals surface area contributed by atoms with Gasteiger partial charge in [0.05, 0.1) is 0 Å². The summed E-state index contributed by atoms with van der Waals surface area (Å²) in [5.41, 5.74) is 1.60. The van der Waals surface area contributed by atoms with Gasteiger partial charge in [-0.2, -0.15) is 0 Å². The second kappa shape index (κ2) is 4.07. The van der Waals surface area contributed by atoms with E-state index in [1.54, 1.807) is 5.43 Å². The van der Waals surface area contributed by atoms with Crippen molar-refractivity contribution in [3.63, 3.8) is 0 Å². The second-order valence-electron chi connectivity index (χ2n) is 1.19. The van der Waals surface area contributed by atoms with Crippen LogP contribution in [0, 0.1) is 0 Å². The lowest BCUT2D eigenvalue weighted by atomic mass is 10.7. The molecule has 0 bridgehead atoms. The molecule has 1 unspecified atom stereocenters. The number of carbonyl (C=O) groups excluding carboxylic acids is 1. The first-order valence-corrected chi connectivity index (χ1v) is 2.17. The van der Waals surface area contributed by atoms with E-state index >= 15 is 0 Å². The molecular weight excluding hydrogens is 128 g/mol. The Labute approximate surface area is 51.2 Å². The Balaban J connectivity index is 3.34. The van der Waals surface area contributed by atoms with Crippen molar-refractivity contribution in [2.75, 3.05) is 6.61 Å². The minimum absolute atomic E-state index is 0.645. The highest BCUT2D eigenvalue weighted by Gasteiger charge is 2.05. The average molecular weight is 136 g/mol. The van der Waals surface area contributed by atoms with Crippen LogP contribution in [0.1, 0.15) is 0 Å². The zero-order valence-electron chi connectivity index (χ0n) is 4.57. The van der Waals surface area contributed by atoms with Crippen molar-refractivity contribution in [2.24, 2.45) is 5.84 Å². The summed E-state index contributed by atoms with van der Waals surface area (Å²) in [6.45, 7) is -0.645. The number of nitrogens with two attached hydrogens (primary N) is 1. The third-order valence-corrected chi connectivity index (χ3v) is 0.517. The fourth-order valence-electron chi connectivity index (χ4n) is 0.195. The van der Waals surface area contributed by atoms with Gasteiger partial charge in [-0.05, 0) is 0 Å². The number of hydrogen-bond donors (Lipinski definition) is 4. The lowest BCUT2D eigenvalue weighted by molar-refractivity contribution is -0.0821. The fraction of sp³-hybridized carbons (Fsp3) is 0.667. The smallest absolute Gasteiger partial charge is 0.416 e. The summed E-state index contributed by atoms with van der Waals surface area (Å²) in [7, 11) is 0. The van der Waals surface area contributed by atoms with E-state index in [1.807, 2.05) is 0 Å². The fourth-order valence-corrected chi connectivity index (χ4v) is 0.195. The highest BCUT2D eigenvalue weighted by molar-refractivity contribution is 5.66. The number of nitrogens with one attached hydrogen (secondary N) is 1. The predicted molar refractivity (Wildman–Crippen MR) is 26.9 cm³/mol.